The van der Waals surface area contributed by atoms with Gasteiger partial charge in [-0.1, -0.05) is 0 Å². The van der Waals surface area contributed by atoms with Crippen molar-refractivity contribution in [3.63, 3.8) is 0 Å². The molecule has 1 rings (SSSR count). The second-order valence-corrected chi connectivity index (χ2v) is 3.86. The van der Waals surface area contributed by atoms with E-state index in [0.29, 0.717) is 0 Å². The Labute approximate surface area is 104 Å². The Morgan fingerprint density at radius 2 is 1.68 bits per heavy atom. The summed E-state index contributed by atoms with van der Waals surface area (Å²) in [5.41, 5.74) is 0. The largest absolute Gasteiger partial charge is 0.402 e. The third-order valence-electron chi connectivity index (χ3n) is 2.43. The minimum absolute atomic E-state index is 0.194. The van der Waals surface area contributed by atoms with E-state index in [1.807, 2.05) is 5.32 Å². The number of hydrogen-bond acceptors (Lipinski definition) is 4. The van der Waals surface area contributed by atoms with Crippen LogP contribution in [-0.2, 0) is 13.5 Å². The van der Waals surface area contributed by atoms with Crippen molar-refractivity contribution < 1.29 is 26.3 Å². The van der Waals surface area contributed by atoms with Gasteiger partial charge >= 0.3 is 12.4 Å². The first-order valence-corrected chi connectivity index (χ1v) is 5.09. The molecule has 0 amide bonds. The highest BCUT2D eigenvalue weighted by atomic mass is 19.4. The second kappa shape index (κ2) is 5.31. The Morgan fingerprint density at radius 3 is 2.00 bits per heavy atom. The number of halogens is 6. The summed E-state index contributed by atoms with van der Waals surface area (Å²) in [5, 5.41) is 12.3. The maximum absolute atomic E-state index is 12.5. The summed E-state index contributed by atoms with van der Waals surface area (Å²) in [6, 6.07) is -1.91. The number of aryl methyl sites for hydroxylation is 1. The molecule has 1 heterocycles. The van der Waals surface area contributed by atoms with Gasteiger partial charge in [-0.2, -0.15) is 31.1 Å². The average Bonchev–Trinajstić information content (AvgIpc) is 2.58. The smallest absolute Gasteiger partial charge is 0.316 e. The van der Waals surface area contributed by atoms with E-state index in [9.17, 15) is 26.3 Å². The molecule has 0 aliphatic rings. The lowest BCUT2D eigenvalue weighted by atomic mass is 9.95. The number of rotatable bonds is 4. The molecule has 1 atom stereocenters. The Balaban J connectivity index is 2.97. The van der Waals surface area contributed by atoms with Crippen molar-refractivity contribution in [3.8, 4) is 0 Å². The van der Waals surface area contributed by atoms with Gasteiger partial charge in [-0.15, -0.1) is 10.2 Å². The van der Waals surface area contributed by atoms with Crippen molar-refractivity contribution in [3.05, 3.63) is 5.82 Å². The third kappa shape index (κ3) is 4.04. The number of aromatic nitrogens is 4. The van der Waals surface area contributed by atoms with Gasteiger partial charge in [-0.3, -0.25) is 0 Å². The van der Waals surface area contributed by atoms with E-state index < -0.39 is 30.7 Å². The number of hydrogen-bond donors (Lipinski definition) is 1. The number of nitrogens with one attached hydrogen (secondary N) is 1. The van der Waals surface area contributed by atoms with E-state index in [2.05, 4.69) is 15.4 Å². The van der Waals surface area contributed by atoms with Crippen LogP contribution in [0.5, 0.6) is 0 Å². The summed E-state index contributed by atoms with van der Waals surface area (Å²) in [4.78, 5) is 0.957. The maximum atomic E-state index is 12.5. The van der Waals surface area contributed by atoms with Gasteiger partial charge in [0.1, 0.15) is 0 Å². The second-order valence-electron chi connectivity index (χ2n) is 3.86. The molecule has 5 nitrogen and oxygen atoms in total. The molecule has 0 aliphatic heterocycles. The zero-order valence-corrected chi connectivity index (χ0v) is 9.92. The first kappa shape index (κ1) is 15.7. The van der Waals surface area contributed by atoms with Crippen LogP contribution in [0.15, 0.2) is 0 Å². The van der Waals surface area contributed by atoms with Crippen molar-refractivity contribution in [1.29, 1.82) is 0 Å². The first-order chi connectivity index (χ1) is 8.55. The summed E-state index contributed by atoms with van der Waals surface area (Å²) >= 11 is 0. The molecule has 11 heteroatoms. The van der Waals surface area contributed by atoms with Gasteiger partial charge in [0.2, 0.25) is 0 Å². The fraction of sp³-hybridized carbons (Fsp3) is 0.875. The van der Waals surface area contributed by atoms with Gasteiger partial charge in [0, 0.05) is 12.5 Å². The summed E-state index contributed by atoms with van der Waals surface area (Å²) in [6.45, 7) is 0. The van der Waals surface area contributed by atoms with E-state index in [0.717, 1.165) is 11.8 Å². The van der Waals surface area contributed by atoms with Crippen LogP contribution >= 0.6 is 0 Å². The molecule has 1 aromatic rings. The molecule has 0 fully saturated rings. The molecule has 0 bridgehead atoms. The minimum atomic E-state index is -5.41. The van der Waals surface area contributed by atoms with E-state index in [1.165, 1.54) is 7.05 Å². The van der Waals surface area contributed by atoms with Gasteiger partial charge in [0.25, 0.3) is 0 Å². The van der Waals surface area contributed by atoms with Crippen LogP contribution in [0, 0.1) is 5.92 Å². The number of alkyl halides is 6. The summed E-state index contributed by atoms with van der Waals surface area (Å²) in [7, 11) is 2.38. The number of nitrogens with zero attached hydrogens (tertiary/aromatic N) is 4. The molecule has 1 aromatic heterocycles. The highest BCUT2D eigenvalue weighted by Gasteiger charge is 2.60. The van der Waals surface area contributed by atoms with Crippen LogP contribution in [-0.4, -0.2) is 45.6 Å². The van der Waals surface area contributed by atoms with Crippen LogP contribution in [0.3, 0.4) is 0 Å². The highest BCUT2D eigenvalue weighted by Crippen LogP contribution is 2.41. The molecule has 0 spiro atoms. The lowest BCUT2D eigenvalue weighted by Gasteiger charge is -2.29. The van der Waals surface area contributed by atoms with Gasteiger partial charge in [0.05, 0.1) is 7.05 Å². The maximum Gasteiger partial charge on any atom is 0.402 e. The summed E-state index contributed by atoms with van der Waals surface area (Å²) in [6.07, 6.45) is -11.4. The van der Waals surface area contributed by atoms with Crippen LogP contribution < -0.4 is 5.32 Å². The predicted octanol–water partition coefficient (Wildman–Crippen LogP) is 1.08. The summed E-state index contributed by atoms with van der Waals surface area (Å²) < 4.78 is 75.2. The van der Waals surface area contributed by atoms with Crippen molar-refractivity contribution in [2.75, 3.05) is 7.05 Å². The first-order valence-electron chi connectivity index (χ1n) is 5.09. The van der Waals surface area contributed by atoms with Crippen LogP contribution in [0.2, 0.25) is 0 Å². The van der Waals surface area contributed by atoms with Crippen LogP contribution in [0.25, 0.3) is 0 Å². The Kier molecular flexibility index (Phi) is 4.38. The summed E-state index contributed by atoms with van der Waals surface area (Å²) in [5.74, 6) is -3.69. The lowest BCUT2D eigenvalue weighted by molar-refractivity contribution is -0.291. The zero-order chi connectivity index (χ0) is 14.8. The molecule has 0 saturated heterocycles. The van der Waals surface area contributed by atoms with Crippen LogP contribution in [0.1, 0.15) is 5.82 Å². The molecular weight excluding hydrogens is 280 g/mol. The van der Waals surface area contributed by atoms with E-state index in [1.54, 1.807) is 0 Å². The van der Waals surface area contributed by atoms with Gasteiger partial charge in [-0.25, -0.2) is 0 Å². The standard InChI is InChI=1S/C8H11F6N5/c1-15-4(3-5-16-18-19(2)17-5)6(7(9,10)11)8(12,13)14/h4,6,15H,3H2,1-2H3. The van der Waals surface area contributed by atoms with Gasteiger partial charge in [-0.05, 0) is 12.3 Å². The predicted molar refractivity (Wildman–Crippen MR) is 50.9 cm³/mol. The minimum Gasteiger partial charge on any atom is -0.316 e. The topological polar surface area (TPSA) is 55.6 Å². The lowest BCUT2D eigenvalue weighted by Crippen LogP contribution is -2.51. The fourth-order valence-electron chi connectivity index (χ4n) is 1.63. The quantitative estimate of drug-likeness (QED) is 0.844. The fourth-order valence-corrected chi connectivity index (χ4v) is 1.63. The van der Waals surface area contributed by atoms with Crippen molar-refractivity contribution in [2.45, 2.75) is 24.8 Å². The molecule has 1 unspecified atom stereocenters. The van der Waals surface area contributed by atoms with E-state index in [4.69, 9.17) is 0 Å². The molecule has 0 radical (unpaired) electrons. The van der Waals surface area contributed by atoms with Crippen molar-refractivity contribution >= 4 is 0 Å². The third-order valence-corrected chi connectivity index (χ3v) is 2.43. The highest BCUT2D eigenvalue weighted by molar-refractivity contribution is 4.93. The Bertz CT molecular complexity index is 396. The normalized spacial score (nSPS) is 15.0. The monoisotopic (exact) mass is 291 g/mol. The molecule has 0 saturated carbocycles. The Morgan fingerprint density at radius 1 is 1.16 bits per heavy atom. The SMILES string of the molecule is CNC(Cc1nnn(C)n1)C(C(F)(F)F)C(F)(F)F. The average molecular weight is 291 g/mol. The number of tetrazole rings is 1. The van der Waals surface area contributed by atoms with Gasteiger partial charge < -0.3 is 5.32 Å². The molecule has 1 N–H and O–H groups in total. The van der Waals surface area contributed by atoms with Crippen LogP contribution in [0.4, 0.5) is 26.3 Å². The molecule has 110 valence electrons. The van der Waals surface area contributed by atoms with Gasteiger partial charge in [0.15, 0.2) is 11.7 Å². The van der Waals surface area contributed by atoms with E-state index >= 15 is 0 Å². The number of likely N-dealkylation sites (N-methyl/N-ethyl adjacent to an activating group) is 1. The van der Waals surface area contributed by atoms with Crippen molar-refractivity contribution in [2.24, 2.45) is 13.0 Å². The Hall–Kier alpha value is -1.39. The molecule has 19 heavy (non-hydrogen) atoms. The zero-order valence-electron chi connectivity index (χ0n) is 9.92. The van der Waals surface area contributed by atoms with E-state index in [-0.39, 0.29) is 5.82 Å². The molecular formula is C8H11F6N5. The molecule has 0 aliphatic carbocycles. The van der Waals surface area contributed by atoms with Crippen molar-refractivity contribution in [1.82, 2.24) is 25.5 Å². The molecule has 0 aromatic carbocycles.